The number of nitrogens with two attached hydrogens (primary N) is 1. The van der Waals surface area contributed by atoms with Crippen LogP contribution in [-0.2, 0) is 0 Å². The first-order chi connectivity index (χ1) is 9.13. The van der Waals surface area contributed by atoms with Crippen LogP contribution in [0, 0.1) is 0 Å². The summed E-state index contributed by atoms with van der Waals surface area (Å²) in [6, 6.07) is 2.20. The monoisotopic (exact) mass is 277 g/mol. The molecule has 1 aliphatic carbocycles. The molecule has 3 rings (SSSR count). The van der Waals surface area contributed by atoms with Crippen LogP contribution in [-0.4, -0.2) is 30.2 Å². The van der Waals surface area contributed by atoms with Gasteiger partial charge in [0.15, 0.2) is 0 Å². The number of nitrogens with zero attached hydrogens (tertiary/aromatic N) is 6. The average Bonchev–Trinajstić information content (AvgIpc) is 3.10. The summed E-state index contributed by atoms with van der Waals surface area (Å²) < 4.78 is 1.86. The number of aromatic nitrogens is 6. The first-order valence-electron chi connectivity index (χ1n) is 6.23. The lowest BCUT2D eigenvalue weighted by Crippen LogP contribution is -2.03. The molecule has 0 amide bonds. The molecule has 2 heterocycles. The van der Waals surface area contributed by atoms with Gasteiger partial charge >= 0.3 is 0 Å². The number of rotatable bonds is 4. The number of anilines is 1. The van der Waals surface area contributed by atoms with E-state index in [0.29, 0.717) is 11.9 Å². The highest BCUT2D eigenvalue weighted by atomic mass is 32.2. The summed E-state index contributed by atoms with van der Waals surface area (Å²) in [5, 5.41) is 13.3. The Bertz CT molecular complexity index is 590. The SMILES string of the molecule is CC(C)c1nc(N)cc(Sc2nnnn2C2CC2)n1. The van der Waals surface area contributed by atoms with Gasteiger partial charge in [-0.05, 0) is 35.0 Å². The van der Waals surface area contributed by atoms with Crippen molar-refractivity contribution in [2.45, 2.75) is 48.8 Å². The zero-order valence-electron chi connectivity index (χ0n) is 10.8. The van der Waals surface area contributed by atoms with E-state index in [1.807, 2.05) is 18.5 Å². The Kier molecular flexibility index (Phi) is 3.09. The van der Waals surface area contributed by atoms with Gasteiger partial charge < -0.3 is 5.73 Å². The van der Waals surface area contributed by atoms with Gasteiger partial charge in [0.25, 0.3) is 0 Å². The molecule has 0 atom stereocenters. The number of hydrogen-bond donors (Lipinski definition) is 1. The topological polar surface area (TPSA) is 95.4 Å². The molecule has 0 bridgehead atoms. The maximum absolute atomic E-state index is 5.81. The van der Waals surface area contributed by atoms with Crippen LogP contribution in [0.5, 0.6) is 0 Å². The molecule has 100 valence electrons. The lowest BCUT2D eigenvalue weighted by atomic mass is 10.2. The molecule has 0 aromatic carbocycles. The first kappa shape index (κ1) is 12.3. The van der Waals surface area contributed by atoms with Gasteiger partial charge in [0.2, 0.25) is 5.16 Å². The summed E-state index contributed by atoms with van der Waals surface area (Å²) in [5.41, 5.74) is 5.81. The van der Waals surface area contributed by atoms with Crippen molar-refractivity contribution in [3.05, 3.63) is 11.9 Å². The van der Waals surface area contributed by atoms with Crippen molar-refractivity contribution in [1.29, 1.82) is 0 Å². The highest BCUT2D eigenvalue weighted by molar-refractivity contribution is 7.99. The Morgan fingerprint density at radius 1 is 1.37 bits per heavy atom. The first-order valence-corrected chi connectivity index (χ1v) is 7.05. The molecule has 2 aromatic heterocycles. The Labute approximate surface area is 115 Å². The molecule has 0 unspecified atom stereocenters. The van der Waals surface area contributed by atoms with Crippen LogP contribution in [0.15, 0.2) is 16.2 Å². The highest BCUT2D eigenvalue weighted by Gasteiger charge is 2.28. The van der Waals surface area contributed by atoms with Crippen molar-refractivity contribution in [3.63, 3.8) is 0 Å². The zero-order valence-corrected chi connectivity index (χ0v) is 11.6. The van der Waals surface area contributed by atoms with Crippen LogP contribution in [0.3, 0.4) is 0 Å². The van der Waals surface area contributed by atoms with Gasteiger partial charge in [-0.3, -0.25) is 0 Å². The molecular weight excluding hydrogens is 262 g/mol. The second-order valence-electron chi connectivity index (χ2n) is 4.88. The van der Waals surface area contributed by atoms with Crippen molar-refractivity contribution in [2.24, 2.45) is 0 Å². The maximum Gasteiger partial charge on any atom is 0.215 e. The van der Waals surface area contributed by atoms with Gasteiger partial charge in [-0.25, -0.2) is 14.6 Å². The Morgan fingerprint density at radius 2 is 2.16 bits per heavy atom. The number of tetrazole rings is 1. The molecular formula is C11H15N7S. The standard InChI is InChI=1S/C11H15N7S/c1-6(2)10-13-8(12)5-9(14-10)19-11-15-16-17-18(11)7-3-4-7/h5-7H,3-4H2,1-2H3,(H2,12,13,14). The number of nitrogen functional groups attached to an aromatic ring is 1. The second-order valence-corrected chi connectivity index (χ2v) is 5.87. The van der Waals surface area contributed by atoms with Crippen molar-refractivity contribution in [2.75, 3.05) is 5.73 Å². The van der Waals surface area contributed by atoms with E-state index in [4.69, 9.17) is 5.73 Å². The van der Waals surface area contributed by atoms with E-state index in [0.717, 1.165) is 28.8 Å². The van der Waals surface area contributed by atoms with Crippen molar-refractivity contribution in [1.82, 2.24) is 30.2 Å². The van der Waals surface area contributed by atoms with Gasteiger partial charge in [-0.1, -0.05) is 13.8 Å². The summed E-state index contributed by atoms with van der Waals surface area (Å²) >= 11 is 1.43. The van der Waals surface area contributed by atoms with E-state index in [-0.39, 0.29) is 5.92 Å². The van der Waals surface area contributed by atoms with Crippen molar-refractivity contribution >= 4 is 17.6 Å². The van der Waals surface area contributed by atoms with E-state index in [9.17, 15) is 0 Å². The Balaban J connectivity index is 1.88. The fraction of sp³-hybridized carbons (Fsp3) is 0.545. The maximum atomic E-state index is 5.81. The predicted octanol–water partition coefficient (Wildman–Crippen LogP) is 1.65. The minimum absolute atomic E-state index is 0.238. The average molecular weight is 277 g/mol. The molecule has 7 nitrogen and oxygen atoms in total. The van der Waals surface area contributed by atoms with E-state index in [2.05, 4.69) is 25.5 Å². The quantitative estimate of drug-likeness (QED) is 0.849. The van der Waals surface area contributed by atoms with E-state index < -0.39 is 0 Å². The molecule has 8 heteroatoms. The van der Waals surface area contributed by atoms with Gasteiger partial charge in [0, 0.05) is 12.0 Å². The molecule has 0 radical (unpaired) electrons. The van der Waals surface area contributed by atoms with Gasteiger partial charge in [0.1, 0.15) is 16.7 Å². The second kappa shape index (κ2) is 4.76. The molecule has 19 heavy (non-hydrogen) atoms. The number of hydrogen-bond acceptors (Lipinski definition) is 7. The minimum atomic E-state index is 0.238. The summed E-state index contributed by atoms with van der Waals surface area (Å²) in [4.78, 5) is 8.72. The Hall–Kier alpha value is -1.70. The predicted molar refractivity (Wildman–Crippen MR) is 70.7 cm³/mol. The zero-order chi connectivity index (χ0) is 13.4. The van der Waals surface area contributed by atoms with Gasteiger partial charge in [0.05, 0.1) is 6.04 Å². The third-order valence-electron chi connectivity index (χ3n) is 2.81. The van der Waals surface area contributed by atoms with E-state index >= 15 is 0 Å². The fourth-order valence-electron chi connectivity index (χ4n) is 1.67. The van der Waals surface area contributed by atoms with Crippen LogP contribution >= 0.6 is 11.8 Å². The summed E-state index contributed by atoms with van der Waals surface area (Å²) in [6.07, 6.45) is 2.28. The highest BCUT2D eigenvalue weighted by Crippen LogP contribution is 2.37. The molecule has 1 aliphatic rings. The van der Waals surface area contributed by atoms with Gasteiger partial charge in [-0.15, -0.1) is 5.10 Å². The molecule has 2 aromatic rings. The molecule has 1 fully saturated rings. The molecule has 1 saturated carbocycles. The molecule has 0 aliphatic heterocycles. The molecule has 2 N–H and O–H groups in total. The third kappa shape index (κ3) is 2.67. The minimum Gasteiger partial charge on any atom is -0.384 e. The van der Waals surface area contributed by atoms with Crippen LogP contribution in [0.4, 0.5) is 5.82 Å². The van der Waals surface area contributed by atoms with Crippen LogP contribution < -0.4 is 5.73 Å². The summed E-state index contributed by atoms with van der Waals surface area (Å²) in [5.74, 6) is 1.46. The normalized spacial score (nSPS) is 15.1. The summed E-state index contributed by atoms with van der Waals surface area (Å²) in [6.45, 7) is 4.08. The Morgan fingerprint density at radius 3 is 2.84 bits per heavy atom. The van der Waals surface area contributed by atoms with E-state index in [1.54, 1.807) is 6.07 Å². The third-order valence-corrected chi connectivity index (χ3v) is 3.68. The van der Waals surface area contributed by atoms with Gasteiger partial charge in [-0.2, -0.15) is 0 Å². The summed E-state index contributed by atoms with van der Waals surface area (Å²) in [7, 11) is 0. The lowest BCUT2D eigenvalue weighted by Gasteiger charge is -2.07. The van der Waals surface area contributed by atoms with Crippen molar-refractivity contribution < 1.29 is 0 Å². The molecule has 0 spiro atoms. The van der Waals surface area contributed by atoms with Crippen LogP contribution in [0.25, 0.3) is 0 Å². The largest absolute Gasteiger partial charge is 0.384 e. The van der Waals surface area contributed by atoms with Crippen LogP contribution in [0.1, 0.15) is 44.5 Å². The molecule has 0 saturated heterocycles. The smallest absolute Gasteiger partial charge is 0.215 e. The van der Waals surface area contributed by atoms with E-state index in [1.165, 1.54) is 11.8 Å². The van der Waals surface area contributed by atoms with Crippen molar-refractivity contribution in [3.8, 4) is 0 Å². The van der Waals surface area contributed by atoms with Crippen LogP contribution in [0.2, 0.25) is 0 Å². The fourth-order valence-corrected chi connectivity index (χ4v) is 2.53. The lowest BCUT2D eigenvalue weighted by molar-refractivity contribution is 0.565.